The standard InChI is InChI=1S/C27H29BrN2O3/c1-4-17(2)26(31)29-23-13-9-18-7-5-6-8-24(18)30(27(23)32)16-22-21-12-11-20(28)15-19(21)10-14-25(22)33-3/h5-8,10-12,14-15,17,23H,4,9,13,16H2,1-3H3,(H,29,31)/t17-,23-/m0/s1. The lowest BCUT2D eigenvalue weighted by atomic mass is 10.0. The lowest BCUT2D eigenvalue weighted by Crippen LogP contribution is -2.49. The molecule has 0 aliphatic carbocycles. The Morgan fingerprint density at radius 1 is 1.21 bits per heavy atom. The fourth-order valence-electron chi connectivity index (χ4n) is 4.37. The van der Waals surface area contributed by atoms with Crippen molar-refractivity contribution in [2.24, 2.45) is 5.92 Å². The number of para-hydroxylation sites is 1. The number of ether oxygens (including phenoxy) is 1. The van der Waals surface area contributed by atoms with Crippen molar-refractivity contribution >= 4 is 44.2 Å². The van der Waals surface area contributed by atoms with Crippen LogP contribution in [0.1, 0.15) is 37.8 Å². The minimum Gasteiger partial charge on any atom is -0.496 e. The minimum absolute atomic E-state index is 0.0747. The molecule has 0 fully saturated rings. The van der Waals surface area contributed by atoms with Crippen molar-refractivity contribution in [1.82, 2.24) is 5.32 Å². The summed E-state index contributed by atoms with van der Waals surface area (Å²) in [6, 6.07) is 17.5. The van der Waals surface area contributed by atoms with Gasteiger partial charge in [-0.2, -0.15) is 0 Å². The molecule has 4 rings (SSSR count). The maximum atomic E-state index is 13.8. The summed E-state index contributed by atoms with van der Waals surface area (Å²) in [5, 5.41) is 5.12. The molecule has 0 bridgehead atoms. The first-order valence-corrected chi connectivity index (χ1v) is 12.2. The van der Waals surface area contributed by atoms with E-state index < -0.39 is 6.04 Å². The van der Waals surface area contributed by atoms with Crippen LogP contribution in [-0.2, 0) is 22.6 Å². The maximum Gasteiger partial charge on any atom is 0.249 e. The second kappa shape index (κ2) is 9.96. The molecule has 1 heterocycles. The largest absolute Gasteiger partial charge is 0.496 e. The van der Waals surface area contributed by atoms with Crippen LogP contribution in [0.3, 0.4) is 0 Å². The van der Waals surface area contributed by atoms with Crippen LogP contribution in [0.2, 0.25) is 0 Å². The molecule has 2 atom stereocenters. The van der Waals surface area contributed by atoms with Crippen LogP contribution in [0.4, 0.5) is 5.69 Å². The third-order valence-corrected chi connectivity index (χ3v) is 7.01. The molecule has 3 aromatic rings. The van der Waals surface area contributed by atoms with E-state index in [0.29, 0.717) is 13.0 Å². The monoisotopic (exact) mass is 508 g/mol. The van der Waals surface area contributed by atoms with Crippen LogP contribution in [0.5, 0.6) is 5.75 Å². The number of nitrogens with zero attached hydrogens (tertiary/aromatic N) is 1. The van der Waals surface area contributed by atoms with E-state index in [9.17, 15) is 9.59 Å². The number of amides is 2. The van der Waals surface area contributed by atoms with Crippen molar-refractivity contribution < 1.29 is 14.3 Å². The number of methoxy groups -OCH3 is 1. The Kier molecular flexibility index (Phi) is 7.03. The predicted octanol–water partition coefficient (Wildman–Crippen LogP) is 5.62. The van der Waals surface area contributed by atoms with Crippen molar-refractivity contribution in [2.75, 3.05) is 12.0 Å². The first kappa shape index (κ1) is 23.3. The lowest BCUT2D eigenvalue weighted by Gasteiger charge is -2.28. The highest BCUT2D eigenvalue weighted by Crippen LogP contribution is 2.35. The molecular weight excluding hydrogens is 480 g/mol. The molecule has 5 nitrogen and oxygen atoms in total. The van der Waals surface area contributed by atoms with Crippen LogP contribution >= 0.6 is 15.9 Å². The van der Waals surface area contributed by atoms with Gasteiger partial charge in [-0.3, -0.25) is 9.59 Å². The van der Waals surface area contributed by atoms with Crippen molar-refractivity contribution in [2.45, 2.75) is 45.7 Å². The number of hydrogen-bond donors (Lipinski definition) is 1. The van der Waals surface area contributed by atoms with Crippen LogP contribution in [0.25, 0.3) is 10.8 Å². The van der Waals surface area contributed by atoms with Gasteiger partial charge in [0.1, 0.15) is 11.8 Å². The fourth-order valence-corrected chi connectivity index (χ4v) is 4.75. The highest BCUT2D eigenvalue weighted by Gasteiger charge is 2.32. The van der Waals surface area contributed by atoms with Crippen molar-refractivity contribution in [3.8, 4) is 5.75 Å². The van der Waals surface area contributed by atoms with Crippen molar-refractivity contribution in [3.05, 3.63) is 70.2 Å². The average molecular weight is 509 g/mol. The highest BCUT2D eigenvalue weighted by atomic mass is 79.9. The molecule has 1 N–H and O–H groups in total. The predicted molar refractivity (Wildman–Crippen MR) is 136 cm³/mol. The molecule has 0 unspecified atom stereocenters. The SMILES string of the molecule is CC[C@H](C)C(=O)N[C@H]1CCc2ccccc2N(Cc2c(OC)ccc3cc(Br)ccc23)C1=O. The molecule has 0 aromatic heterocycles. The van der Waals surface area contributed by atoms with Gasteiger partial charge < -0.3 is 15.0 Å². The minimum atomic E-state index is -0.561. The van der Waals surface area contributed by atoms with E-state index in [1.54, 1.807) is 7.11 Å². The van der Waals surface area contributed by atoms with Crippen LogP contribution < -0.4 is 15.0 Å². The first-order valence-electron chi connectivity index (χ1n) is 11.4. The number of anilines is 1. The average Bonchev–Trinajstić information content (AvgIpc) is 2.95. The van der Waals surface area contributed by atoms with E-state index in [1.165, 1.54) is 0 Å². The van der Waals surface area contributed by atoms with Crippen molar-refractivity contribution in [1.29, 1.82) is 0 Å². The number of carbonyl (C=O) groups excluding carboxylic acids is 2. The zero-order valence-corrected chi connectivity index (χ0v) is 20.8. The Labute approximate surface area is 203 Å². The molecule has 0 spiro atoms. The molecule has 2 amide bonds. The summed E-state index contributed by atoms with van der Waals surface area (Å²) in [4.78, 5) is 28.3. The topological polar surface area (TPSA) is 58.6 Å². The van der Waals surface area contributed by atoms with E-state index in [0.717, 1.165) is 50.7 Å². The Hall–Kier alpha value is -2.86. The number of carbonyl (C=O) groups is 2. The molecule has 1 aliphatic rings. The molecule has 6 heteroatoms. The number of aryl methyl sites for hydroxylation is 1. The zero-order chi connectivity index (χ0) is 23.5. The summed E-state index contributed by atoms with van der Waals surface area (Å²) in [6.07, 6.45) is 2.04. The molecule has 0 saturated heterocycles. The Morgan fingerprint density at radius 3 is 2.76 bits per heavy atom. The molecule has 0 saturated carbocycles. The number of nitrogens with one attached hydrogen (secondary N) is 1. The Balaban J connectivity index is 1.77. The van der Waals surface area contributed by atoms with Gasteiger partial charge in [0.2, 0.25) is 11.8 Å². The summed E-state index contributed by atoms with van der Waals surface area (Å²) in [7, 11) is 1.65. The number of fused-ring (bicyclic) bond motifs is 2. The highest BCUT2D eigenvalue weighted by molar-refractivity contribution is 9.10. The van der Waals surface area contributed by atoms with Gasteiger partial charge in [0.25, 0.3) is 0 Å². The number of hydrogen-bond acceptors (Lipinski definition) is 3. The molecule has 1 aliphatic heterocycles. The molecule has 3 aromatic carbocycles. The summed E-state index contributed by atoms with van der Waals surface area (Å²) in [6.45, 7) is 4.22. The van der Waals surface area contributed by atoms with Gasteiger partial charge in [-0.05, 0) is 59.9 Å². The first-order chi connectivity index (χ1) is 15.9. The van der Waals surface area contributed by atoms with Gasteiger partial charge in [-0.15, -0.1) is 0 Å². The number of benzene rings is 3. The van der Waals surface area contributed by atoms with Gasteiger partial charge in [0.05, 0.1) is 13.7 Å². The molecule has 172 valence electrons. The number of rotatable bonds is 6. The third-order valence-electron chi connectivity index (χ3n) is 6.51. The summed E-state index contributed by atoms with van der Waals surface area (Å²) in [5.41, 5.74) is 2.94. The van der Waals surface area contributed by atoms with E-state index >= 15 is 0 Å². The number of halogens is 1. The molecule has 33 heavy (non-hydrogen) atoms. The van der Waals surface area contributed by atoms with Crippen LogP contribution in [0.15, 0.2) is 59.1 Å². The van der Waals surface area contributed by atoms with Crippen LogP contribution in [-0.4, -0.2) is 25.0 Å². The smallest absolute Gasteiger partial charge is 0.249 e. The Bertz CT molecular complexity index is 1190. The zero-order valence-electron chi connectivity index (χ0n) is 19.2. The molecule has 0 radical (unpaired) electrons. The summed E-state index contributed by atoms with van der Waals surface area (Å²) >= 11 is 3.54. The fraction of sp³-hybridized carbons (Fsp3) is 0.333. The van der Waals surface area contributed by atoms with Gasteiger partial charge in [-0.25, -0.2) is 0 Å². The summed E-state index contributed by atoms with van der Waals surface area (Å²) < 4.78 is 6.69. The van der Waals surface area contributed by atoms with Gasteiger partial charge in [0.15, 0.2) is 0 Å². The second-order valence-corrected chi connectivity index (χ2v) is 9.49. The maximum absolute atomic E-state index is 13.8. The summed E-state index contributed by atoms with van der Waals surface area (Å²) in [5.74, 6) is 0.440. The van der Waals surface area contributed by atoms with Gasteiger partial charge in [0, 0.05) is 21.6 Å². The quantitative estimate of drug-likeness (QED) is 0.469. The van der Waals surface area contributed by atoms with E-state index in [1.807, 2.05) is 61.2 Å². The van der Waals surface area contributed by atoms with Crippen LogP contribution in [0, 0.1) is 5.92 Å². The van der Waals surface area contributed by atoms with E-state index in [4.69, 9.17) is 4.74 Å². The molecular formula is C27H29BrN2O3. The van der Waals surface area contributed by atoms with E-state index in [2.05, 4.69) is 33.4 Å². The lowest BCUT2D eigenvalue weighted by molar-refractivity contribution is -0.129. The normalized spacial score (nSPS) is 16.8. The van der Waals surface area contributed by atoms with Gasteiger partial charge in [-0.1, -0.05) is 60.1 Å². The Morgan fingerprint density at radius 2 is 2.00 bits per heavy atom. The van der Waals surface area contributed by atoms with E-state index in [-0.39, 0.29) is 17.7 Å². The van der Waals surface area contributed by atoms with Gasteiger partial charge >= 0.3 is 0 Å². The second-order valence-electron chi connectivity index (χ2n) is 8.57. The van der Waals surface area contributed by atoms with Crippen molar-refractivity contribution in [3.63, 3.8) is 0 Å². The third kappa shape index (κ3) is 4.76.